The lowest BCUT2D eigenvalue weighted by molar-refractivity contribution is -0.131. The maximum atomic E-state index is 12.7. The van der Waals surface area contributed by atoms with Gasteiger partial charge in [0.2, 0.25) is 5.91 Å². The molecule has 7 nitrogen and oxygen atoms in total. The third kappa shape index (κ3) is 3.80. The van der Waals surface area contributed by atoms with Crippen LogP contribution in [-0.4, -0.2) is 52.8 Å². The topological polar surface area (TPSA) is 86.6 Å². The van der Waals surface area contributed by atoms with Gasteiger partial charge in [-0.15, -0.1) is 0 Å². The maximum Gasteiger partial charge on any atom is 0.417 e. The number of aromatic nitrogens is 1. The second-order valence-electron chi connectivity index (χ2n) is 6.70. The third-order valence-electron chi connectivity index (χ3n) is 4.86. The molecule has 1 aromatic heterocycles. The number of H-pyrrole nitrogens is 1. The number of hydrogen-bond acceptors (Lipinski definition) is 4. The molecule has 0 radical (unpaired) electrons. The van der Waals surface area contributed by atoms with Gasteiger partial charge in [-0.05, 0) is 35.9 Å². The van der Waals surface area contributed by atoms with Crippen LogP contribution < -0.4 is 5.76 Å². The summed E-state index contributed by atoms with van der Waals surface area (Å²) in [6, 6.07) is 12.1. The van der Waals surface area contributed by atoms with Crippen molar-refractivity contribution in [2.75, 3.05) is 26.2 Å². The van der Waals surface area contributed by atoms with Gasteiger partial charge in [0.05, 0.1) is 11.9 Å². The number of nitrogens with one attached hydrogen (secondary N) is 1. The third-order valence-corrected chi connectivity index (χ3v) is 5.11. The van der Waals surface area contributed by atoms with Crippen molar-refractivity contribution in [3.63, 3.8) is 0 Å². The van der Waals surface area contributed by atoms with E-state index in [0.717, 1.165) is 5.56 Å². The Morgan fingerprint density at radius 1 is 1.00 bits per heavy atom. The van der Waals surface area contributed by atoms with Gasteiger partial charge in [0.25, 0.3) is 5.91 Å². The van der Waals surface area contributed by atoms with Crippen LogP contribution in [0.1, 0.15) is 15.9 Å². The Morgan fingerprint density at radius 2 is 1.68 bits per heavy atom. The molecule has 0 saturated carbocycles. The van der Waals surface area contributed by atoms with Gasteiger partial charge in [-0.1, -0.05) is 23.7 Å². The predicted octanol–water partition coefficient (Wildman–Crippen LogP) is 2.30. The van der Waals surface area contributed by atoms with Gasteiger partial charge in [0.1, 0.15) is 0 Å². The molecule has 2 amide bonds. The van der Waals surface area contributed by atoms with Gasteiger partial charge in [0, 0.05) is 36.8 Å². The number of hydrogen-bond donors (Lipinski definition) is 1. The average molecular weight is 400 g/mol. The Labute approximate surface area is 165 Å². The molecule has 1 fully saturated rings. The number of fused-ring (bicyclic) bond motifs is 1. The summed E-state index contributed by atoms with van der Waals surface area (Å²) in [7, 11) is 0. The van der Waals surface area contributed by atoms with Crippen LogP contribution in [0.15, 0.2) is 51.7 Å². The Balaban J connectivity index is 1.37. The van der Waals surface area contributed by atoms with Gasteiger partial charge in [-0.25, -0.2) is 4.79 Å². The number of amides is 2. The number of nitrogens with zero attached hydrogens (tertiary/aromatic N) is 2. The van der Waals surface area contributed by atoms with Crippen LogP contribution in [0.2, 0.25) is 5.02 Å². The zero-order valence-corrected chi connectivity index (χ0v) is 15.7. The summed E-state index contributed by atoms with van der Waals surface area (Å²) in [5.74, 6) is -0.659. The number of carbonyl (C=O) groups is 2. The van der Waals surface area contributed by atoms with E-state index in [-0.39, 0.29) is 11.8 Å². The fourth-order valence-corrected chi connectivity index (χ4v) is 3.43. The molecule has 1 aliphatic heterocycles. The van der Waals surface area contributed by atoms with E-state index >= 15 is 0 Å². The SMILES string of the molecule is O=C(Cc1ccc(Cl)cc1)N1CCN(C(=O)c2ccc3[nH]c(=O)oc3c2)CC1. The molecule has 0 unspecified atom stereocenters. The molecule has 4 rings (SSSR count). The van der Waals surface area contributed by atoms with Crippen molar-refractivity contribution >= 4 is 34.5 Å². The van der Waals surface area contributed by atoms with Crippen molar-refractivity contribution in [1.82, 2.24) is 14.8 Å². The van der Waals surface area contributed by atoms with E-state index in [1.807, 2.05) is 12.1 Å². The minimum atomic E-state index is -0.549. The van der Waals surface area contributed by atoms with Crippen LogP contribution in [0.3, 0.4) is 0 Å². The Hall–Kier alpha value is -3.06. The molecular weight excluding hydrogens is 382 g/mol. The highest BCUT2D eigenvalue weighted by molar-refractivity contribution is 6.30. The Kier molecular flexibility index (Phi) is 4.92. The molecule has 0 bridgehead atoms. The molecule has 1 aliphatic rings. The van der Waals surface area contributed by atoms with E-state index in [2.05, 4.69) is 4.98 Å². The van der Waals surface area contributed by atoms with Crippen molar-refractivity contribution in [1.29, 1.82) is 0 Å². The molecule has 0 aliphatic carbocycles. The van der Waals surface area contributed by atoms with Crippen molar-refractivity contribution in [3.8, 4) is 0 Å². The predicted molar refractivity (Wildman–Crippen MR) is 104 cm³/mol. The molecule has 1 saturated heterocycles. The fraction of sp³-hybridized carbons (Fsp3) is 0.250. The van der Waals surface area contributed by atoms with Crippen molar-refractivity contribution in [2.45, 2.75) is 6.42 Å². The van der Waals surface area contributed by atoms with Gasteiger partial charge < -0.3 is 14.2 Å². The molecule has 0 spiro atoms. The maximum absolute atomic E-state index is 12.7. The van der Waals surface area contributed by atoms with Gasteiger partial charge in [0.15, 0.2) is 5.58 Å². The first-order chi connectivity index (χ1) is 13.5. The number of carbonyl (C=O) groups excluding carboxylic acids is 2. The minimum Gasteiger partial charge on any atom is -0.408 e. The molecule has 8 heteroatoms. The molecular formula is C20H18ClN3O4. The van der Waals surface area contributed by atoms with Crippen LogP contribution in [-0.2, 0) is 11.2 Å². The summed E-state index contributed by atoms with van der Waals surface area (Å²) >= 11 is 5.87. The summed E-state index contributed by atoms with van der Waals surface area (Å²) in [6.45, 7) is 1.89. The first-order valence-corrected chi connectivity index (χ1v) is 9.32. The lowest BCUT2D eigenvalue weighted by Gasteiger charge is -2.35. The minimum absolute atomic E-state index is 0.0324. The molecule has 0 atom stereocenters. The van der Waals surface area contributed by atoms with E-state index in [0.29, 0.717) is 54.3 Å². The van der Waals surface area contributed by atoms with Crippen molar-refractivity contribution < 1.29 is 14.0 Å². The number of halogens is 1. The molecule has 144 valence electrons. The van der Waals surface area contributed by atoms with Gasteiger partial charge in [-0.2, -0.15) is 0 Å². The van der Waals surface area contributed by atoms with Crippen LogP contribution in [0.25, 0.3) is 11.1 Å². The molecule has 2 heterocycles. The van der Waals surface area contributed by atoms with Crippen molar-refractivity contribution in [3.05, 3.63) is 69.2 Å². The highest BCUT2D eigenvalue weighted by atomic mass is 35.5. The smallest absolute Gasteiger partial charge is 0.408 e. The van der Waals surface area contributed by atoms with Crippen LogP contribution >= 0.6 is 11.6 Å². The lowest BCUT2D eigenvalue weighted by atomic mass is 10.1. The monoisotopic (exact) mass is 399 g/mol. The largest absolute Gasteiger partial charge is 0.417 e. The highest BCUT2D eigenvalue weighted by Crippen LogP contribution is 2.16. The van der Waals surface area contributed by atoms with Crippen LogP contribution in [0.5, 0.6) is 0 Å². The zero-order valence-electron chi connectivity index (χ0n) is 15.0. The first kappa shape index (κ1) is 18.3. The van der Waals surface area contributed by atoms with E-state index in [1.165, 1.54) is 0 Å². The second kappa shape index (κ2) is 7.52. The van der Waals surface area contributed by atoms with E-state index < -0.39 is 5.76 Å². The zero-order chi connectivity index (χ0) is 19.7. The summed E-state index contributed by atoms with van der Waals surface area (Å²) in [6.07, 6.45) is 0.314. The molecule has 1 N–H and O–H groups in total. The summed E-state index contributed by atoms with van der Waals surface area (Å²) in [5, 5.41) is 0.639. The van der Waals surface area contributed by atoms with Gasteiger partial charge in [-0.3, -0.25) is 14.6 Å². The second-order valence-corrected chi connectivity index (χ2v) is 7.14. The summed E-state index contributed by atoms with van der Waals surface area (Å²) < 4.78 is 5.02. The number of piperazine rings is 1. The van der Waals surface area contributed by atoms with Gasteiger partial charge >= 0.3 is 5.76 Å². The summed E-state index contributed by atoms with van der Waals surface area (Å²) in [5.41, 5.74) is 2.28. The molecule has 28 heavy (non-hydrogen) atoms. The standard InChI is InChI=1S/C20H18ClN3O4/c21-15-4-1-13(2-5-15)11-18(25)23-7-9-24(10-8-23)19(26)14-3-6-16-17(12-14)28-20(27)22-16/h1-6,12H,7-11H2,(H,22,27). The average Bonchev–Trinajstić information content (AvgIpc) is 3.08. The molecule has 2 aromatic carbocycles. The number of aromatic amines is 1. The quantitative estimate of drug-likeness (QED) is 0.732. The van der Waals surface area contributed by atoms with E-state index in [4.69, 9.17) is 16.0 Å². The first-order valence-electron chi connectivity index (χ1n) is 8.94. The normalized spacial score (nSPS) is 14.5. The molecule has 3 aromatic rings. The number of rotatable bonds is 3. The van der Waals surface area contributed by atoms with E-state index in [9.17, 15) is 14.4 Å². The van der Waals surface area contributed by atoms with E-state index in [1.54, 1.807) is 40.1 Å². The highest BCUT2D eigenvalue weighted by Gasteiger charge is 2.25. The Bertz CT molecular complexity index is 1080. The summed E-state index contributed by atoms with van der Waals surface area (Å²) in [4.78, 5) is 42.5. The number of benzene rings is 2. The number of oxazole rings is 1. The Morgan fingerprint density at radius 3 is 2.39 bits per heavy atom. The lowest BCUT2D eigenvalue weighted by Crippen LogP contribution is -2.51. The van der Waals surface area contributed by atoms with Crippen LogP contribution in [0.4, 0.5) is 0 Å². The van der Waals surface area contributed by atoms with Crippen molar-refractivity contribution in [2.24, 2.45) is 0 Å². The fourth-order valence-electron chi connectivity index (χ4n) is 3.31. The van der Waals surface area contributed by atoms with Crippen LogP contribution in [0, 0.1) is 0 Å².